The highest BCUT2D eigenvalue weighted by Gasteiger charge is 2.31. The molecule has 0 aliphatic heterocycles. The van der Waals surface area contributed by atoms with Gasteiger partial charge in [-0.2, -0.15) is 0 Å². The standard InChI is InChI=1S/C26H31N5O6/c1-15(32)23(31-24(35)19(27)12-17-13-28-20-10-6-5-9-18(17)20)26(37)30-21(25(36)29-14-22(33)34)11-16-7-3-2-4-8-16/h2-10,13,15,19,21,23,28,32H,11-12,14,27H2,1H3,(H,29,36)(H,30,37)(H,31,35)(H,33,34)/t15-,19+,21+,23+/m1/s1. The number of rotatable bonds is 12. The summed E-state index contributed by atoms with van der Waals surface area (Å²) < 4.78 is 0. The van der Waals surface area contributed by atoms with Crippen molar-refractivity contribution in [1.29, 1.82) is 0 Å². The van der Waals surface area contributed by atoms with Crippen LogP contribution in [0.3, 0.4) is 0 Å². The fourth-order valence-electron chi connectivity index (χ4n) is 3.90. The predicted molar refractivity (Wildman–Crippen MR) is 136 cm³/mol. The second kappa shape index (κ2) is 12.7. The number of carboxylic acids is 1. The zero-order chi connectivity index (χ0) is 26.9. The molecule has 0 aliphatic rings. The molecule has 4 atom stereocenters. The third kappa shape index (κ3) is 7.63. The van der Waals surface area contributed by atoms with Crippen LogP contribution >= 0.6 is 0 Å². The van der Waals surface area contributed by atoms with Crippen LogP contribution in [0.2, 0.25) is 0 Å². The first kappa shape index (κ1) is 27.4. The van der Waals surface area contributed by atoms with Gasteiger partial charge in [0, 0.05) is 23.5 Å². The van der Waals surface area contributed by atoms with Gasteiger partial charge in [-0.25, -0.2) is 0 Å². The molecule has 0 bridgehead atoms. The number of nitrogens with one attached hydrogen (secondary N) is 4. The van der Waals surface area contributed by atoms with E-state index in [1.807, 2.05) is 24.3 Å². The lowest BCUT2D eigenvalue weighted by Crippen LogP contribution is -2.59. The SMILES string of the molecule is C[C@@H](O)[C@H](NC(=O)[C@@H](N)Cc1c[nH]c2ccccc12)C(=O)N[C@@H](Cc1ccccc1)C(=O)NCC(=O)O. The summed E-state index contributed by atoms with van der Waals surface area (Å²) in [7, 11) is 0. The van der Waals surface area contributed by atoms with Gasteiger partial charge in [0.15, 0.2) is 0 Å². The Morgan fingerprint density at radius 1 is 0.919 bits per heavy atom. The van der Waals surface area contributed by atoms with Gasteiger partial charge in [0.25, 0.3) is 0 Å². The van der Waals surface area contributed by atoms with Gasteiger partial charge in [0.05, 0.1) is 12.1 Å². The lowest BCUT2D eigenvalue weighted by Gasteiger charge is -2.25. The number of para-hydroxylation sites is 1. The maximum absolute atomic E-state index is 13.0. The number of amides is 3. The topological polar surface area (TPSA) is 187 Å². The van der Waals surface area contributed by atoms with Crippen LogP contribution < -0.4 is 21.7 Å². The summed E-state index contributed by atoms with van der Waals surface area (Å²) >= 11 is 0. The maximum atomic E-state index is 13.0. The average Bonchev–Trinajstić information content (AvgIpc) is 3.28. The summed E-state index contributed by atoms with van der Waals surface area (Å²) in [5.74, 6) is -3.42. The number of hydrogen-bond donors (Lipinski definition) is 7. The van der Waals surface area contributed by atoms with Crippen molar-refractivity contribution in [2.45, 2.75) is 44.0 Å². The van der Waals surface area contributed by atoms with E-state index >= 15 is 0 Å². The first-order valence-electron chi connectivity index (χ1n) is 11.8. The van der Waals surface area contributed by atoms with Crippen LogP contribution in [0.1, 0.15) is 18.1 Å². The van der Waals surface area contributed by atoms with E-state index in [1.165, 1.54) is 6.92 Å². The quantitative estimate of drug-likeness (QED) is 0.177. The molecule has 11 nitrogen and oxygen atoms in total. The number of fused-ring (bicyclic) bond motifs is 1. The molecule has 0 aliphatic carbocycles. The second-order valence-electron chi connectivity index (χ2n) is 8.76. The molecule has 37 heavy (non-hydrogen) atoms. The molecule has 11 heteroatoms. The molecule has 196 valence electrons. The fraction of sp³-hybridized carbons (Fsp3) is 0.308. The number of aromatic nitrogens is 1. The molecular formula is C26H31N5O6. The van der Waals surface area contributed by atoms with Gasteiger partial charge < -0.3 is 36.9 Å². The first-order valence-corrected chi connectivity index (χ1v) is 11.8. The van der Waals surface area contributed by atoms with Crippen LogP contribution in [0, 0.1) is 0 Å². The van der Waals surface area contributed by atoms with Gasteiger partial charge in [-0.05, 0) is 30.5 Å². The molecule has 0 unspecified atom stereocenters. The molecule has 0 saturated heterocycles. The Morgan fingerprint density at radius 2 is 1.59 bits per heavy atom. The van der Waals surface area contributed by atoms with E-state index in [2.05, 4.69) is 20.9 Å². The number of H-pyrrole nitrogens is 1. The summed E-state index contributed by atoms with van der Waals surface area (Å²) in [6.07, 6.45) is 0.723. The minimum atomic E-state index is -1.40. The Balaban J connectivity index is 1.69. The maximum Gasteiger partial charge on any atom is 0.322 e. The van der Waals surface area contributed by atoms with Crippen LogP contribution in [0.5, 0.6) is 0 Å². The second-order valence-corrected chi connectivity index (χ2v) is 8.76. The monoisotopic (exact) mass is 509 g/mol. The van der Waals surface area contributed by atoms with Crippen LogP contribution in [0.4, 0.5) is 0 Å². The number of aliphatic hydroxyl groups is 1. The first-order chi connectivity index (χ1) is 17.7. The number of aliphatic carboxylic acids is 1. The van der Waals surface area contributed by atoms with E-state index in [0.717, 1.165) is 22.0 Å². The Labute approximate surface area is 213 Å². The van der Waals surface area contributed by atoms with E-state index in [4.69, 9.17) is 10.8 Å². The van der Waals surface area contributed by atoms with Crippen molar-refractivity contribution in [2.24, 2.45) is 5.73 Å². The molecule has 0 fully saturated rings. The van der Waals surface area contributed by atoms with E-state index in [-0.39, 0.29) is 12.8 Å². The highest BCUT2D eigenvalue weighted by Crippen LogP contribution is 2.18. The molecular weight excluding hydrogens is 478 g/mol. The highest BCUT2D eigenvalue weighted by atomic mass is 16.4. The van der Waals surface area contributed by atoms with Gasteiger partial charge in [0.1, 0.15) is 18.6 Å². The summed E-state index contributed by atoms with van der Waals surface area (Å²) in [6.45, 7) is 0.700. The Kier molecular flexibility index (Phi) is 9.36. The minimum absolute atomic E-state index is 0.0680. The van der Waals surface area contributed by atoms with Crippen molar-refractivity contribution in [3.05, 3.63) is 71.9 Å². The van der Waals surface area contributed by atoms with Crippen LogP contribution in [0.25, 0.3) is 10.9 Å². The zero-order valence-corrected chi connectivity index (χ0v) is 20.3. The number of benzene rings is 2. The van der Waals surface area contributed by atoms with Crippen LogP contribution in [-0.2, 0) is 32.0 Å². The summed E-state index contributed by atoms with van der Waals surface area (Å²) in [6, 6.07) is 12.8. The molecule has 3 aromatic rings. The van der Waals surface area contributed by atoms with Gasteiger partial charge in [-0.1, -0.05) is 48.5 Å². The molecule has 0 radical (unpaired) electrons. The Hall–Kier alpha value is -4.22. The minimum Gasteiger partial charge on any atom is -0.480 e. The number of carboxylic acid groups (broad SMARTS) is 1. The fourth-order valence-corrected chi connectivity index (χ4v) is 3.90. The lowest BCUT2D eigenvalue weighted by molar-refractivity contribution is -0.138. The van der Waals surface area contributed by atoms with Crippen molar-refractivity contribution in [1.82, 2.24) is 20.9 Å². The third-order valence-corrected chi connectivity index (χ3v) is 5.84. The number of nitrogens with two attached hydrogens (primary N) is 1. The van der Waals surface area contributed by atoms with E-state index in [1.54, 1.807) is 36.5 Å². The summed E-state index contributed by atoms with van der Waals surface area (Å²) in [5.41, 5.74) is 8.56. The largest absolute Gasteiger partial charge is 0.480 e. The van der Waals surface area contributed by atoms with E-state index in [9.17, 15) is 24.3 Å². The smallest absolute Gasteiger partial charge is 0.322 e. The number of carbonyl (C=O) groups excluding carboxylic acids is 3. The van der Waals surface area contributed by atoms with Crippen molar-refractivity contribution in [2.75, 3.05) is 6.54 Å². The molecule has 2 aromatic carbocycles. The van der Waals surface area contributed by atoms with Crippen molar-refractivity contribution in [3.8, 4) is 0 Å². The predicted octanol–water partition coefficient (Wildman–Crippen LogP) is -0.168. The van der Waals surface area contributed by atoms with Crippen molar-refractivity contribution < 1.29 is 29.4 Å². The van der Waals surface area contributed by atoms with Crippen LogP contribution in [-0.4, -0.2) is 69.7 Å². The normalized spacial score (nSPS) is 14.2. The van der Waals surface area contributed by atoms with Crippen molar-refractivity contribution in [3.63, 3.8) is 0 Å². The number of aliphatic hydroxyl groups excluding tert-OH is 1. The molecule has 3 amide bonds. The number of carbonyl (C=O) groups is 4. The Morgan fingerprint density at radius 3 is 2.27 bits per heavy atom. The molecule has 1 heterocycles. The van der Waals surface area contributed by atoms with Crippen LogP contribution in [0.15, 0.2) is 60.8 Å². The van der Waals surface area contributed by atoms with Gasteiger partial charge in [-0.3, -0.25) is 19.2 Å². The van der Waals surface area contributed by atoms with E-state index in [0.29, 0.717) is 0 Å². The molecule has 1 aromatic heterocycles. The third-order valence-electron chi connectivity index (χ3n) is 5.84. The molecule has 8 N–H and O–H groups in total. The molecule has 0 spiro atoms. The van der Waals surface area contributed by atoms with Crippen molar-refractivity contribution >= 4 is 34.6 Å². The molecule has 0 saturated carbocycles. The molecule has 3 rings (SSSR count). The summed E-state index contributed by atoms with van der Waals surface area (Å²) in [5, 5.41) is 27.3. The highest BCUT2D eigenvalue weighted by molar-refractivity contribution is 5.94. The van der Waals surface area contributed by atoms with E-state index < -0.39 is 54.5 Å². The number of aromatic amines is 1. The van der Waals surface area contributed by atoms with Gasteiger partial charge in [0.2, 0.25) is 17.7 Å². The average molecular weight is 510 g/mol. The Bertz CT molecular complexity index is 1240. The van der Waals surface area contributed by atoms with Gasteiger partial charge in [-0.15, -0.1) is 0 Å². The lowest BCUT2D eigenvalue weighted by atomic mass is 10.0. The summed E-state index contributed by atoms with van der Waals surface area (Å²) in [4.78, 5) is 52.5. The number of hydrogen-bond acceptors (Lipinski definition) is 6. The van der Waals surface area contributed by atoms with Gasteiger partial charge >= 0.3 is 5.97 Å². The zero-order valence-electron chi connectivity index (χ0n) is 20.3.